The summed E-state index contributed by atoms with van der Waals surface area (Å²) < 4.78 is 32.5. The lowest BCUT2D eigenvalue weighted by atomic mass is 9.84. The van der Waals surface area contributed by atoms with Gasteiger partial charge < -0.3 is 28.4 Å². The van der Waals surface area contributed by atoms with E-state index in [-0.39, 0.29) is 6.79 Å². The lowest BCUT2D eigenvalue weighted by Crippen LogP contribution is -2.19. The average molecular weight is 398 g/mol. The molecule has 0 radical (unpaired) electrons. The van der Waals surface area contributed by atoms with Crippen molar-refractivity contribution in [1.29, 1.82) is 0 Å². The highest BCUT2D eigenvalue weighted by atomic mass is 16.7. The highest BCUT2D eigenvalue weighted by Crippen LogP contribution is 2.53. The van der Waals surface area contributed by atoms with Crippen molar-refractivity contribution >= 4 is 11.9 Å². The van der Waals surface area contributed by atoms with Crippen LogP contribution in [0.4, 0.5) is 0 Å². The zero-order valence-electron chi connectivity index (χ0n) is 15.7. The van der Waals surface area contributed by atoms with E-state index in [1.807, 2.05) is 0 Å². The van der Waals surface area contributed by atoms with Gasteiger partial charge in [0, 0.05) is 0 Å². The van der Waals surface area contributed by atoms with Crippen LogP contribution in [0.1, 0.15) is 23.3 Å². The minimum absolute atomic E-state index is 0.138. The molecule has 5 rings (SSSR count). The second-order valence-electron chi connectivity index (χ2n) is 6.99. The predicted octanol–water partition coefficient (Wildman–Crippen LogP) is 2.56. The maximum absolute atomic E-state index is 12.7. The first-order valence-corrected chi connectivity index (χ1v) is 9.13. The Kier molecular flexibility index (Phi) is 4.01. The number of rotatable bonds is 4. The molecule has 4 atom stereocenters. The molecule has 0 aliphatic carbocycles. The molecule has 2 fully saturated rings. The molecule has 29 heavy (non-hydrogen) atoms. The van der Waals surface area contributed by atoms with Gasteiger partial charge in [0.05, 0.1) is 14.2 Å². The molecule has 2 saturated heterocycles. The van der Waals surface area contributed by atoms with Gasteiger partial charge in [0.2, 0.25) is 6.79 Å². The van der Waals surface area contributed by atoms with Gasteiger partial charge in [-0.2, -0.15) is 0 Å². The van der Waals surface area contributed by atoms with E-state index in [1.54, 1.807) is 36.4 Å². The second-order valence-corrected chi connectivity index (χ2v) is 6.99. The predicted molar refractivity (Wildman–Crippen MR) is 96.8 cm³/mol. The van der Waals surface area contributed by atoms with Gasteiger partial charge in [0.1, 0.15) is 24.0 Å². The highest BCUT2D eigenvalue weighted by Gasteiger charge is 2.60. The third kappa shape index (κ3) is 2.66. The minimum atomic E-state index is -0.751. The Morgan fingerprint density at radius 3 is 2.00 bits per heavy atom. The number of carbonyl (C=O) groups excluding carboxylic acids is 2. The Bertz CT molecular complexity index is 998. The number of hydrogen-bond donors (Lipinski definition) is 0. The lowest BCUT2D eigenvalue weighted by molar-refractivity contribution is -0.154. The molecule has 0 unspecified atom stereocenters. The van der Waals surface area contributed by atoms with Crippen molar-refractivity contribution in [2.24, 2.45) is 11.8 Å². The number of hydrogen-bond acceptors (Lipinski definition) is 8. The van der Waals surface area contributed by atoms with Crippen molar-refractivity contribution in [1.82, 2.24) is 0 Å². The number of benzene rings is 2. The zero-order chi connectivity index (χ0) is 20.1. The summed E-state index contributed by atoms with van der Waals surface area (Å²) in [6.07, 6.45) is -1.49. The standard InChI is InChI=1S/C21H18O8/c1-24-12-5-3-10(7-14(12)25-2)18-16-17(21(23)28-18)19(29-20(16)22)11-4-6-13-15(8-11)27-9-26-13/h3-8,16-19H,9H2,1-2H3/t16-,17-,18-,19+/m0/s1. The fraction of sp³-hybridized carbons (Fsp3) is 0.333. The van der Waals surface area contributed by atoms with E-state index < -0.39 is 36.0 Å². The van der Waals surface area contributed by atoms with Crippen LogP contribution in [0.2, 0.25) is 0 Å². The number of carbonyl (C=O) groups is 2. The second kappa shape index (κ2) is 6.58. The van der Waals surface area contributed by atoms with Gasteiger partial charge >= 0.3 is 11.9 Å². The summed E-state index contributed by atoms with van der Waals surface area (Å²) in [5.74, 6) is -0.201. The van der Waals surface area contributed by atoms with Crippen LogP contribution in [-0.2, 0) is 19.1 Å². The molecule has 3 aliphatic heterocycles. The van der Waals surface area contributed by atoms with E-state index in [1.165, 1.54) is 14.2 Å². The van der Waals surface area contributed by atoms with Crippen molar-refractivity contribution in [2.45, 2.75) is 12.2 Å². The van der Waals surface area contributed by atoms with E-state index in [9.17, 15) is 9.59 Å². The molecule has 0 amide bonds. The van der Waals surface area contributed by atoms with Gasteiger partial charge in [-0.25, -0.2) is 0 Å². The molecular formula is C21H18O8. The number of ether oxygens (including phenoxy) is 6. The van der Waals surface area contributed by atoms with Crippen molar-refractivity contribution in [3.63, 3.8) is 0 Å². The summed E-state index contributed by atoms with van der Waals surface area (Å²) in [7, 11) is 3.05. The number of esters is 2. The summed E-state index contributed by atoms with van der Waals surface area (Å²) in [6, 6.07) is 10.4. The average Bonchev–Trinajstić information content (AvgIpc) is 3.43. The normalized spacial score (nSPS) is 26.7. The summed E-state index contributed by atoms with van der Waals surface area (Å²) in [5.41, 5.74) is 1.31. The topological polar surface area (TPSA) is 89.5 Å². The SMILES string of the molecule is COc1ccc([C@@H]2OC(=O)[C@H]3[C@@H]2C(=O)O[C@@H]3c2ccc3c(c2)OCO3)cc1OC. The van der Waals surface area contributed by atoms with Crippen molar-refractivity contribution in [2.75, 3.05) is 21.0 Å². The fourth-order valence-electron chi connectivity index (χ4n) is 4.14. The summed E-state index contributed by atoms with van der Waals surface area (Å²) in [5, 5.41) is 0. The van der Waals surface area contributed by atoms with Crippen LogP contribution in [0.15, 0.2) is 36.4 Å². The molecule has 2 aromatic carbocycles. The van der Waals surface area contributed by atoms with Crippen LogP contribution in [0.25, 0.3) is 0 Å². The van der Waals surface area contributed by atoms with Gasteiger partial charge in [-0.3, -0.25) is 9.59 Å². The van der Waals surface area contributed by atoms with Crippen molar-refractivity contribution < 1.29 is 38.0 Å². The minimum Gasteiger partial charge on any atom is -0.493 e. The van der Waals surface area contributed by atoms with Crippen molar-refractivity contribution in [3.8, 4) is 23.0 Å². The Labute approximate surface area is 166 Å². The molecular weight excluding hydrogens is 380 g/mol. The van der Waals surface area contributed by atoms with Crippen LogP contribution < -0.4 is 18.9 Å². The van der Waals surface area contributed by atoms with Gasteiger partial charge in [-0.15, -0.1) is 0 Å². The largest absolute Gasteiger partial charge is 0.493 e. The number of fused-ring (bicyclic) bond motifs is 2. The highest BCUT2D eigenvalue weighted by molar-refractivity contribution is 5.89. The van der Waals surface area contributed by atoms with E-state index in [0.29, 0.717) is 34.1 Å². The van der Waals surface area contributed by atoms with Gasteiger partial charge in [-0.05, 0) is 35.4 Å². The summed E-state index contributed by atoms with van der Waals surface area (Å²) in [6.45, 7) is 0.138. The Balaban J connectivity index is 1.48. The van der Waals surface area contributed by atoms with Crippen LogP contribution in [0.3, 0.4) is 0 Å². The molecule has 3 aliphatic rings. The molecule has 8 nitrogen and oxygen atoms in total. The molecule has 0 aromatic heterocycles. The third-order valence-electron chi connectivity index (χ3n) is 5.53. The van der Waals surface area contributed by atoms with Gasteiger partial charge in [0.15, 0.2) is 23.0 Å². The third-order valence-corrected chi connectivity index (χ3v) is 5.53. The molecule has 150 valence electrons. The first kappa shape index (κ1) is 17.7. The van der Waals surface area contributed by atoms with Crippen LogP contribution in [0.5, 0.6) is 23.0 Å². The van der Waals surface area contributed by atoms with Crippen LogP contribution >= 0.6 is 0 Å². The van der Waals surface area contributed by atoms with Crippen LogP contribution in [0, 0.1) is 11.8 Å². The molecule has 0 spiro atoms. The number of cyclic esters (lactones) is 2. The molecule has 0 bridgehead atoms. The molecule has 2 aromatic rings. The first-order valence-electron chi connectivity index (χ1n) is 9.13. The molecule has 3 heterocycles. The first-order chi connectivity index (χ1) is 14.1. The smallest absolute Gasteiger partial charge is 0.314 e. The Hall–Kier alpha value is -3.42. The molecule has 0 saturated carbocycles. The quantitative estimate of drug-likeness (QED) is 0.726. The monoisotopic (exact) mass is 398 g/mol. The summed E-state index contributed by atoms with van der Waals surface area (Å²) >= 11 is 0. The van der Waals surface area contributed by atoms with Crippen LogP contribution in [-0.4, -0.2) is 33.0 Å². The van der Waals surface area contributed by atoms with E-state index in [0.717, 1.165) is 0 Å². The lowest BCUT2D eigenvalue weighted by Gasteiger charge is -2.16. The fourth-order valence-corrected chi connectivity index (χ4v) is 4.14. The van der Waals surface area contributed by atoms with E-state index >= 15 is 0 Å². The Morgan fingerprint density at radius 2 is 1.34 bits per heavy atom. The van der Waals surface area contributed by atoms with E-state index in [4.69, 9.17) is 28.4 Å². The number of methoxy groups -OCH3 is 2. The Morgan fingerprint density at radius 1 is 0.759 bits per heavy atom. The van der Waals surface area contributed by atoms with Gasteiger partial charge in [-0.1, -0.05) is 12.1 Å². The maximum Gasteiger partial charge on any atom is 0.314 e. The summed E-state index contributed by atoms with van der Waals surface area (Å²) in [4.78, 5) is 25.4. The molecule has 8 heteroatoms. The zero-order valence-corrected chi connectivity index (χ0v) is 15.7. The van der Waals surface area contributed by atoms with Gasteiger partial charge in [0.25, 0.3) is 0 Å². The van der Waals surface area contributed by atoms with Crippen molar-refractivity contribution in [3.05, 3.63) is 47.5 Å². The van der Waals surface area contributed by atoms with E-state index in [2.05, 4.69) is 0 Å². The maximum atomic E-state index is 12.7. The molecule has 0 N–H and O–H groups in total.